The van der Waals surface area contributed by atoms with E-state index in [9.17, 15) is 4.79 Å². The van der Waals surface area contributed by atoms with Crippen LogP contribution in [-0.4, -0.2) is 9.78 Å². The molecule has 2 rings (SSSR count). The number of fused-ring (bicyclic) bond motifs is 1. The summed E-state index contributed by atoms with van der Waals surface area (Å²) in [5.41, 5.74) is 0.614. The molecule has 0 aliphatic heterocycles. The molecule has 0 unspecified atom stereocenters. The van der Waals surface area contributed by atoms with Crippen molar-refractivity contribution in [2.24, 2.45) is 0 Å². The molecule has 15 heavy (non-hydrogen) atoms. The zero-order valence-electron chi connectivity index (χ0n) is 8.97. The Bertz CT molecular complexity index is 560. The highest BCUT2D eigenvalue weighted by Crippen LogP contribution is 2.22. The van der Waals surface area contributed by atoms with Crippen molar-refractivity contribution in [3.05, 3.63) is 33.6 Å². The topological polar surface area (TPSA) is 37.8 Å². The Hall–Kier alpha value is -1.22. The van der Waals surface area contributed by atoms with Crippen molar-refractivity contribution in [1.29, 1.82) is 0 Å². The van der Waals surface area contributed by atoms with Crippen LogP contribution >= 0.6 is 11.6 Å². The Morgan fingerprint density at radius 3 is 2.60 bits per heavy atom. The zero-order valence-corrected chi connectivity index (χ0v) is 9.72. The number of nitrogens with one attached hydrogen (secondary N) is 1. The molecule has 0 atom stereocenters. The fourth-order valence-corrected chi connectivity index (χ4v) is 1.80. The van der Waals surface area contributed by atoms with Crippen molar-refractivity contribution in [3.8, 4) is 0 Å². The average Bonchev–Trinajstić information content (AvgIpc) is 2.42. The summed E-state index contributed by atoms with van der Waals surface area (Å²) in [7, 11) is 0. The highest BCUT2D eigenvalue weighted by Gasteiger charge is 2.17. The van der Waals surface area contributed by atoms with E-state index in [1.807, 2.05) is 25.5 Å². The zero-order chi connectivity index (χ0) is 11.2. The van der Waals surface area contributed by atoms with Crippen LogP contribution in [0.5, 0.6) is 0 Å². The van der Waals surface area contributed by atoms with Crippen LogP contribution in [-0.2, 0) is 5.54 Å². The Morgan fingerprint density at radius 1 is 1.33 bits per heavy atom. The van der Waals surface area contributed by atoms with Crippen molar-refractivity contribution in [3.63, 3.8) is 0 Å². The molecule has 0 aliphatic rings. The third-order valence-electron chi connectivity index (χ3n) is 2.33. The van der Waals surface area contributed by atoms with Gasteiger partial charge in [0, 0.05) is 5.02 Å². The Morgan fingerprint density at radius 2 is 2.00 bits per heavy atom. The van der Waals surface area contributed by atoms with Crippen molar-refractivity contribution in [2.45, 2.75) is 26.3 Å². The van der Waals surface area contributed by atoms with Crippen LogP contribution in [0.4, 0.5) is 0 Å². The average molecular weight is 225 g/mol. The molecule has 80 valence electrons. The first-order valence-electron chi connectivity index (χ1n) is 4.80. The lowest BCUT2D eigenvalue weighted by molar-refractivity contribution is 0.366. The predicted octanol–water partition coefficient (Wildman–Crippen LogP) is 2.74. The summed E-state index contributed by atoms with van der Waals surface area (Å²) in [6.45, 7) is 6.09. The molecule has 1 N–H and O–H groups in total. The van der Waals surface area contributed by atoms with E-state index in [-0.39, 0.29) is 11.1 Å². The lowest BCUT2D eigenvalue weighted by Crippen LogP contribution is -2.24. The number of benzene rings is 1. The molecule has 3 nitrogen and oxygen atoms in total. The first-order chi connectivity index (χ1) is 6.89. The van der Waals surface area contributed by atoms with E-state index in [0.717, 1.165) is 5.52 Å². The normalized spacial score (nSPS) is 12.3. The van der Waals surface area contributed by atoms with Gasteiger partial charge in [-0.1, -0.05) is 11.6 Å². The van der Waals surface area contributed by atoms with E-state index in [1.165, 1.54) is 0 Å². The highest BCUT2D eigenvalue weighted by molar-refractivity contribution is 6.31. The van der Waals surface area contributed by atoms with Gasteiger partial charge >= 0.3 is 0 Å². The van der Waals surface area contributed by atoms with Gasteiger partial charge in [-0.15, -0.1) is 0 Å². The number of H-pyrrole nitrogens is 1. The van der Waals surface area contributed by atoms with Gasteiger partial charge in [0.2, 0.25) is 0 Å². The van der Waals surface area contributed by atoms with Crippen LogP contribution in [0.1, 0.15) is 20.8 Å². The number of aromatic amines is 1. The summed E-state index contributed by atoms with van der Waals surface area (Å²) in [6.07, 6.45) is 0. The van der Waals surface area contributed by atoms with E-state index in [4.69, 9.17) is 11.6 Å². The van der Waals surface area contributed by atoms with Gasteiger partial charge in [-0.2, -0.15) is 0 Å². The summed E-state index contributed by atoms with van der Waals surface area (Å²) in [5.74, 6) is 0. The summed E-state index contributed by atoms with van der Waals surface area (Å²) < 4.78 is 1.84. The van der Waals surface area contributed by atoms with Crippen LogP contribution in [0.15, 0.2) is 23.0 Å². The van der Waals surface area contributed by atoms with Crippen LogP contribution in [0.25, 0.3) is 10.9 Å². The summed E-state index contributed by atoms with van der Waals surface area (Å²) in [6, 6.07) is 5.28. The van der Waals surface area contributed by atoms with Crippen LogP contribution < -0.4 is 5.56 Å². The molecule has 0 spiro atoms. The minimum Gasteiger partial charge on any atom is -0.279 e. The van der Waals surface area contributed by atoms with Crippen LogP contribution in [0, 0.1) is 0 Å². The van der Waals surface area contributed by atoms with Crippen molar-refractivity contribution >= 4 is 22.5 Å². The number of hydrogen-bond acceptors (Lipinski definition) is 1. The molecular weight excluding hydrogens is 212 g/mol. The van der Waals surface area contributed by atoms with Crippen molar-refractivity contribution < 1.29 is 0 Å². The second kappa shape index (κ2) is 3.14. The van der Waals surface area contributed by atoms with Gasteiger partial charge in [0.25, 0.3) is 5.56 Å². The molecule has 0 radical (unpaired) electrons. The number of nitrogens with zero attached hydrogens (tertiary/aromatic N) is 1. The fraction of sp³-hybridized carbons (Fsp3) is 0.364. The van der Waals surface area contributed by atoms with Gasteiger partial charge in [-0.05, 0) is 39.0 Å². The SMILES string of the molecule is CC(C)(C)n1[nH]c(=O)c2ccc(Cl)cc21. The monoisotopic (exact) mass is 224 g/mol. The summed E-state index contributed by atoms with van der Waals surface area (Å²) in [5, 5.41) is 4.14. The van der Waals surface area contributed by atoms with E-state index in [0.29, 0.717) is 10.4 Å². The number of aromatic nitrogens is 2. The number of hydrogen-bond donors (Lipinski definition) is 1. The van der Waals surface area contributed by atoms with Gasteiger partial charge in [-0.3, -0.25) is 14.6 Å². The summed E-state index contributed by atoms with van der Waals surface area (Å²) >= 11 is 5.92. The lowest BCUT2D eigenvalue weighted by atomic mass is 10.1. The van der Waals surface area contributed by atoms with E-state index >= 15 is 0 Å². The van der Waals surface area contributed by atoms with Crippen LogP contribution in [0.2, 0.25) is 5.02 Å². The quantitative estimate of drug-likeness (QED) is 0.734. The lowest BCUT2D eigenvalue weighted by Gasteiger charge is -2.21. The van der Waals surface area contributed by atoms with Crippen LogP contribution in [0.3, 0.4) is 0 Å². The molecule has 0 amide bonds. The van der Waals surface area contributed by atoms with Gasteiger partial charge in [0.15, 0.2) is 0 Å². The second-order valence-corrected chi connectivity index (χ2v) is 5.05. The molecule has 4 heteroatoms. The maximum absolute atomic E-state index is 11.6. The molecule has 2 aromatic rings. The van der Waals surface area contributed by atoms with E-state index in [2.05, 4.69) is 5.10 Å². The second-order valence-electron chi connectivity index (χ2n) is 4.61. The first kappa shape index (κ1) is 10.3. The molecule has 1 aromatic heterocycles. The van der Waals surface area contributed by atoms with E-state index in [1.54, 1.807) is 18.2 Å². The smallest absolute Gasteiger partial charge is 0.271 e. The van der Waals surface area contributed by atoms with Gasteiger partial charge in [0.1, 0.15) is 0 Å². The minimum absolute atomic E-state index is 0.0726. The molecule has 0 bridgehead atoms. The molecule has 0 aliphatic carbocycles. The molecule has 0 saturated heterocycles. The third-order valence-corrected chi connectivity index (χ3v) is 2.56. The number of halogens is 1. The maximum Gasteiger partial charge on any atom is 0.271 e. The van der Waals surface area contributed by atoms with Gasteiger partial charge in [0.05, 0.1) is 16.4 Å². The molecular formula is C11H13ClN2O. The highest BCUT2D eigenvalue weighted by atomic mass is 35.5. The molecule has 0 fully saturated rings. The van der Waals surface area contributed by atoms with Gasteiger partial charge < -0.3 is 0 Å². The number of rotatable bonds is 0. The third kappa shape index (κ3) is 1.67. The first-order valence-corrected chi connectivity index (χ1v) is 5.18. The van der Waals surface area contributed by atoms with E-state index < -0.39 is 0 Å². The molecule has 1 aromatic carbocycles. The Balaban J connectivity index is 2.88. The largest absolute Gasteiger partial charge is 0.279 e. The Kier molecular flexibility index (Phi) is 2.15. The molecule has 1 heterocycles. The molecule has 0 saturated carbocycles. The predicted molar refractivity (Wildman–Crippen MR) is 62.6 cm³/mol. The summed E-state index contributed by atoms with van der Waals surface area (Å²) in [4.78, 5) is 11.6. The maximum atomic E-state index is 11.6. The van der Waals surface area contributed by atoms with Gasteiger partial charge in [-0.25, -0.2) is 0 Å². The van der Waals surface area contributed by atoms with Crippen molar-refractivity contribution in [1.82, 2.24) is 9.78 Å². The van der Waals surface area contributed by atoms with Crippen molar-refractivity contribution in [2.75, 3.05) is 0 Å². The standard InChI is InChI=1S/C11H13ClN2O/c1-11(2,3)14-9-6-7(12)4-5-8(9)10(15)13-14/h4-6H,1-3H3,(H,13,15). The fourth-order valence-electron chi connectivity index (χ4n) is 1.63. The Labute approximate surface area is 92.6 Å². The minimum atomic E-state index is -0.161.